The summed E-state index contributed by atoms with van der Waals surface area (Å²) < 4.78 is 40.2. The lowest BCUT2D eigenvalue weighted by molar-refractivity contribution is 0.228. The highest BCUT2D eigenvalue weighted by molar-refractivity contribution is 9.10. The van der Waals surface area contributed by atoms with E-state index in [9.17, 15) is 12.8 Å². The lowest BCUT2D eigenvalue weighted by atomic mass is 9.90. The predicted octanol–water partition coefficient (Wildman–Crippen LogP) is 2.24. The molecule has 0 bridgehead atoms. The zero-order valence-electron chi connectivity index (χ0n) is 11.3. The molecule has 3 rings (SSSR count). The highest BCUT2D eigenvalue weighted by atomic mass is 79.9. The minimum Gasteiger partial charge on any atom is -0.316 e. The number of hydrogen-bond donors (Lipinski definition) is 1. The molecular formula is C13H17BrClFN2O2S. The SMILES string of the molecule is Cl.O=S(=O)(c1ccc(F)cc1Br)N1CCC2CNCC2C1. The Balaban J connectivity index is 0.00000161. The molecule has 0 radical (unpaired) electrons. The minimum absolute atomic E-state index is 0. The van der Waals surface area contributed by atoms with Gasteiger partial charge in [0, 0.05) is 17.6 Å². The summed E-state index contributed by atoms with van der Waals surface area (Å²) in [5.41, 5.74) is 0. The summed E-state index contributed by atoms with van der Waals surface area (Å²) in [5, 5.41) is 3.31. The molecule has 0 saturated carbocycles. The van der Waals surface area contributed by atoms with Gasteiger partial charge >= 0.3 is 0 Å². The van der Waals surface area contributed by atoms with Crippen LogP contribution >= 0.6 is 28.3 Å². The van der Waals surface area contributed by atoms with E-state index in [-0.39, 0.29) is 21.8 Å². The molecule has 2 atom stereocenters. The maximum absolute atomic E-state index is 13.1. The number of nitrogens with one attached hydrogen (secondary N) is 1. The van der Waals surface area contributed by atoms with Crippen molar-refractivity contribution in [3.05, 3.63) is 28.5 Å². The Morgan fingerprint density at radius 2 is 2.00 bits per heavy atom. The molecular weight excluding hydrogens is 383 g/mol. The van der Waals surface area contributed by atoms with E-state index in [0.29, 0.717) is 24.9 Å². The Labute approximate surface area is 138 Å². The van der Waals surface area contributed by atoms with E-state index in [1.807, 2.05) is 0 Å². The topological polar surface area (TPSA) is 49.4 Å². The van der Waals surface area contributed by atoms with Crippen molar-refractivity contribution in [2.24, 2.45) is 11.8 Å². The first kappa shape index (κ1) is 17.1. The van der Waals surface area contributed by atoms with Gasteiger partial charge in [0.25, 0.3) is 0 Å². The molecule has 0 amide bonds. The third-order valence-electron chi connectivity index (χ3n) is 4.18. The Kier molecular flexibility index (Phi) is 5.31. The van der Waals surface area contributed by atoms with E-state index in [0.717, 1.165) is 19.5 Å². The number of nitrogens with zero attached hydrogens (tertiary/aromatic N) is 1. The van der Waals surface area contributed by atoms with E-state index < -0.39 is 15.8 Å². The summed E-state index contributed by atoms with van der Waals surface area (Å²) in [4.78, 5) is 0.142. The molecule has 1 aromatic carbocycles. The molecule has 0 aromatic heterocycles. The molecule has 0 spiro atoms. The van der Waals surface area contributed by atoms with Gasteiger partial charge in [0.05, 0.1) is 4.90 Å². The van der Waals surface area contributed by atoms with E-state index >= 15 is 0 Å². The predicted molar refractivity (Wildman–Crippen MR) is 84.6 cm³/mol. The van der Waals surface area contributed by atoms with Gasteiger partial charge in [-0.3, -0.25) is 0 Å². The van der Waals surface area contributed by atoms with Gasteiger partial charge < -0.3 is 5.32 Å². The molecule has 1 N–H and O–H groups in total. The number of rotatable bonds is 2. The smallest absolute Gasteiger partial charge is 0.244 e. The Hall–Kier alpha value is -0.210. The fourth-order valence-corrected chi connectivity index (χ4v) is 5.56. The molecule has 2 aliphatic rings. The van der Waals surface area contributed by atoms with E-state index in [4.69, 9.17) is 0 Å². The lowest BCUT2D eigenvalue weighted by Crippen LogP contribution is -2.43. The quantitative estimate of drug-likeness (QED) is 0.830. The van der Waals surface area contributed by atoms with Crippen molar-refractivity contribution in [2.75, 3.05) is 26.2 Å². The Bertz CT molecular complexity index is 629. The van der Waals surface area contributed by atoms with Crippen molar-refractivity contribution in [3.8, 4) is 0 Å². The van der Waals surface area contributed by atoms with Gasteiger partial charge in [-0.05, 0) is 65.5 Å². The summed E-state index contributed by atoms with van der Waals surface area (Å²) in [6, 6.07) is 3.70. The van der Waals surface area contributed by atoms with Crippen LogP contribution in [0.4, 0.5) is 4.39 Å². The molecule has 2 saturated heterocycles. The Morgan fingerprint density at radius 1 is 1.29 bits per heavy atom. The number of fused-ring (bicyclic) bond motifs is 1. The monoisotopic (exact) mass is 398 g/mol. The van der Waals surface area contributed by atoms with Gasteiger partial charge in [-0.15, -0.1) is 12.4 Å². The highest BCUT2D eigenvalue weighted by Gasteiger charge is 2.38. The molecule has 21 heavy (non-hydrogen) atoms. The van der Waals surface area contributed by atoms with Crippen LogP contribution in [0.5, 0.6) is 0 Å². The molecule has 2 unspecified atom stereocenters. The van der Waals surface area contributed by atoms with E-state index in [1.54, 1.807) is 0 Å². The highest BCUT2D eigenvalue weighted by Crippen LogP contribution is 2.32. The normalized spacial score (nSPS) is 26.2. The second-order valence-electron chi connectivity index (χ2n) is 5.40. The summed E-state index contributed by atoms with van der Waals surface area (Å²) in [6.07, 6.45) is 0.885. The molecule has 8 heteroatoms. The van der Waals surface area contributed by atoms with Crippen LogP contribution in [0.25, 0.3) is 0 Å². The first-order valence-electron chi connectivity index (χ1n) is 6.64. The third-order valence-corrected chi connectivity index (χ3v) is 7.02. The first-order valence-corrected chi connectivity index (χ1v) is 8.87. The number of benzene rings is 1. The third kappa shape index (κ3) is 3.27. The molecule has 118 valence electrons. The fraction of sp³-hybridized carbons (Fsp3) is 0.538. The summed E-state index contributed by atoms with van der Waals surface area (Å²) in [5.74, 6) is 0.519. The van der Waals surface area contributed by atoms with Crippen LogP contribution in [0, 0.1) is 17.7 Å². The zero-order chi connectivity index (χ0) is 14.3. The van der Waals surface area contributed by atoms with Crippen molar-refractivity contribution in [2.45, 2.75) is 11.3 Å². The van der Waals surface area contributed by atoms with Crippen LogP contribution in [0.3, 0.4) is 0 Å². The second kappa shape index (κ2) is 6.50. The molecule has 0 aliphatic carbocycles. The minimum atomic E-state index is -3.56. The van der Waals surface area contributed by atoms with Gasteiger partial charge in [-0.2, -0.15) is 4.31 Å². The van der Waals surface area contributed by atoms with Crippen molar-refractivity contribution in [1.82, 2.24) is 9.62 Å². The maximum Gasteiger partial charge on any atom is 0.244 e. The van der Waals surface area contributed by atoms with Crippen LogP contribution in [-0.2, 0) is 10.0 Å². The molecule has 4 nitrogen and oxygen atoms in total. The lowest BCUT2D eigenvalue weighted by Gasteiger charge is -2.33. The maximum atomic E-state index is 13.1. The van der Waals surface area contributed by atoms with Gasteiger partial charge in [-0.1, -0.05) is 0 Å². The molecule has 2 heterocycles. The number of sulfonamides is 1. The van der Waals surface area contributed by atoms with E-state index in [1.165, 1.54) is 22.5 Å². The van der Waals surface area contributed by atoms with Gasteiger partial charge in [0.15, 0.2) is 0 Å². The first-order chi connectivity index (χ1) is 9.48. The molecule has 1 aromatic rings. The standard InChI is InChI=1S/C13H16BrFN2O2S.ClH/c14-12-5-11(15)1-2-13(12)20(18,19)17-4-3-9-6-16-7-10(9)8-17;/h1-2,5,9-10,16H,3-4,6-8H2;1H. The van der Waals surface area contributed by atoms with Crippen molar-refractivity contribution in [1.29, 1.82) is 0 Å². The summed E-state index contributed by atoms with van der Waals surface area (Å²) >= 11 is 3.15. The number of hydrogen-bond acceptors (Lipinski definition) is 3. The molecule has 2 aliphatic heterocycles. The van der Waals surface area contributed by atoms with Gasteiger partial charge in [-0.25, -0.2) is 12.8 Å². The second-order valence-corrected chi connectivity index (χ2v) is 8.17. The van der Waals surface area contributed by atoms with Gasteiger partial charge in [0.2, 0.25) is 10.0 Å². The van der Waals surface area contributed by atoms with Crippen LogP contribution in [0.1, 0.15) is 6.42 Å². The largest absolute Gasteiger partial charge is 0.316 e. The van der Waals surface area contributed by atoms with Crippen LogP contribution in [0.15, 0.2) is 27.6 Å². The number of halogens is 3. The number of piperidine rings is 1. The summed E-state index contributed by atoms with van der Waals surface area (Å²) in [6.45, 7) is 2.94. The van der Waals surface area contributed by atoms with E-state index in [2.05, 4.69) is 21.2 Å². The Morgan fingerprint density at radius 3 is 2.71 bits per heavy atom. The van der Waals surface area contributed by atoms with Crippen LogP contribution in [-0.4, -0.2) is 38.9 Å². The average molecular weight is 400 g/mol. The van der Waals surface area contributed by atoms with Crippen molar-refractivity contribution >= 4 is 38.4 Å². The average Bonchev–Trinajstić information content (AvgIpc) is 2.85. The fourth-order valence-electron chi connectivity index (χ4n) is 3.04. The summed E-state index contributed by atoms with van der Waals surface area (Å²) in [7, 11) is -3.56. The van der Waals surface area contributed by atoms with Crippen LogP contribution < -0.4 is 5.32 Å². The van der Waals surface area contributed by atoms with Crippen molar-refractivity contribution < 1.29 is 12.8 Å². The van der Waals surface area contributed by atoms with Crippen LogP contribution in [0.2, 0.25) is 0 Å². The van der Waals surface area contributed by atoms with Crippen molar-refractivity contribution in [3.63, 3.8) is 0 Å². The molecule has 2 fully saturated rings. The van der Waals surface area contributed by atoms with Gasteiger partial charge in [0.1, 0.15) is 5.82 Å². The zero-order valence-corrected chi connectivity index (χ0v) is 14.5.